The van der Waals surface area contributed by atoms with Gasteiger partial charge in [-0.15, -0.1) is 0 Å². The van der Waals surface area contributed by atoms with E-state index in [4.69, 9.17) is 9.63 Å². The van der Waals surface area contributed by atoms with Crippen molar-refractivity contribution in [2.24, 2.45) is 0 Å². The Morgan fingerprint density at radius 1 is 1.53 bits per heavy atom. The molecule has 1 aromatic heterocycles. The van der Waals surface area contributed by atoms with Crippen molar-refractivity contribution in [2.75, 3.05) is 13.2 Å². The third kappa shape index (κ3) is 2.87. The Morgan fingerprint density at radius 3 is 3.06 bits per heavy atom. The summed E-state index contributed by atoms with van der Waals surface area (Å²) in [6, 6.07) is 2.93. The van der Waals surface area contributed by atoms with Crippen molar-refractivity contribution in [3.63, 3.8) is 0 Å². The molecular formula is C13H22N2O2. The predicted molar refractivity (Wildman–Crippen MR) is 65.7 cm³/mol. The molecule has 1 fully saturated rings. The SMILES string of the molecule is CC(C)N1CCCC[C@@H]1c1cc(CCO)on1. The second kappa shape index (κ2) is 5.65. The summed E-state index contributed by atoms with van der Waals surface area (Å²) < 4.78 is 5.25. The molecule has 1 aliphatic rings. The Kier molecular flexibility index (Phi) is 4.18. The standard InChI is InChI=1S/C13H22N2O2/c1-10(2)15-7-4-3-5-13(15)12-9-11(6-8-16)17-14-12/h9-10,13,16H,3-8H2,1-2H3/t13-/m1/s1. The summed E-state index contributed by atoms with van der Waals surface area (Å²) in [5, 5.41) is 13.0. The van der Waals surface area contributed by atoms with Crippen LogP contribution in [0.3, 0.4) is 0 Å². The maximum atomic E-state index is 8.88. The van der Waals surface area contributed by atoms with Crippen molar-refractivity contribution in [3.05, 3.63) is 17.5 Å². The maximum absolute atomic E-state index is 8.88. The number of aliphatic hydroxyl groups excluding tert-OH is 1. The molecule has 17 heavy (non-hydrogen) atoms. The lowest BCUT2D eigenvalue weighted by Crippen LogP contribution is -2.38. The molecule has 4 heteroatoms. The summed E-state index contributed by atoms with van der Waals surface area (Å²) in [5.41, 5.74) is 1.03. The van der Waals surface area contributed by atoms with Crippen LogP contribution < -0.4 is 0 Å². The minimum Gasteiger partial charge on any atom is -0.396 e. The van der Waals surface area contributed by atoms with E-state index in [1.165, 1.54) is 12.8 Å². The Hall–Kier alpha value is -0.870. The van der Waals surface area contributed by atoms with Crippen molar-refractivity contribution < 1.29 is 9.63 Å². The van der Waals surface area contributed by atoms with E-state index in [0.717, 1.165) is 24.4 Å². The molecule has 96 valence electrons. The fourth-order valence-electron chi connectivity index (χ4n) is 2.60. The van der Waals surface area contributed by atoms with E-state index in [1.54, 1.807) is 0 Å². The van der Waals surface area contributed by atoms with Crippen LogP contribution >= 0.6 is 0 Å². The number of hydrogen-bond donors (Lipinski definition) is 1. The monoisotopic (exact) mass is 238 g/mol. The van der Waals surface area contributed by atoms with Crippen LogP contribution in [0.1, 0.15) is 50.6 Å². The highest BCUT2D eigenvalue weighted by molar-refractivity contribution is 5.11. The number of aliphatic hydroxyl groups is 1. The smallest absolute Gasteiger partial charge is 0.139 e. The highest BCUT2D eigenvalue weighted by Gasteiger charge is 2.28. The first kappa shape index (κ1) is 12.6. The van der Waals surface area contributed by atoms with Crippen molar-refractivity contribution in [2.45, 2.75) is 51.6 Å². The average Bonchev–Trinajstić information content (AvgIpc) is 2.78. The van der Waals surface area contributed by atoms with Crippen LogP contribution in [0.25, 0.3) is 0 Å². The Morgan fingerprint density at radius 2 is 2.35 bits per heavy atom. The number of rotatable bonds is 4. The molecule has 0 radical (unpaired) electrons. The second-order valence-electron chi connectivity index (χ2n) is 5.03. The van der Waals surface area contributed by atoms with Gasteiger partial charge in [-0.3, -0.25) is 4.90 Å². The highest BCUT2D eigenvalue weighted by Crippen LogP contribution is 2.32. The second-order valence-corrected chi connectivity index (χ2v) is 5.03. The first-order valence-corrected chi connectivity index (χ1v) is 6.54. The van der Waals surface area contributed by atoms with Crippen LogP contribution in [0.5, 0.6) is 0 Å². The zero-order valence-electron chi connectivity index (χ0n) is 10.7. The minimum atomic E-state index is 0.118. The van der Waals surface area contributed by atoms with E-state index in [-0.39, 0.29) is 6.61 Å². The molecule has 1 saturated heterocycles. The molecule has 0 bridgehead atoms. The molecule has 0 saturated carbocycles. The third-order valence-electron chi connectivity index (χ3n) is 3.48. The zero-order valence-corrected chi connectivity index (χ0v) is 10.7. The van der Waals surface area contributed by atoms with Crippen LogP contribution in [-0.2, 0) is 6.42 Å². The van der Waals surface area contributed by atoms with E-state index in [0.29, 0.717) is 18.5 Å². The van der Waals surface area contributed by atoms with Gasteiger partial charge in [0.1, 0.15) is 11.5 Å². The topological polar surface area (TPSA) is 49.5 Å². The number of nitrogens with zero attached hydrogens (tertiary/aromatic N) is 2. The van der Waals surface area contributed by atoms with Crippen LogP contribution in [-0.4, -0.2) is 34.4 Å². The average molecular weight is 238 g/mol. The van der Waals surface area contributed by atoms with E-state index < -0.39 is 0 Å². The molecule has 0 aliphatic carbocycles. The lowest BCUT2D eigenvalue weighted by atomic mass is 9.97. The van der Waals surface area contributed by atoms with Gasteiger partial charge in [0.2, 0.25) is 0 Å². The van der Waals surface area contributed by atoms with Crippen LogP contribution in [0, 0.1) is 0 Å². The summed E-state index contributed by atoms with van der Waals surface area (Å²) in [7, 11) is 0. The van der Waals surface area contributed by atoms with Gasteiger partial charge in [0.25, 0.3) is 0 Å². The third-order valence-corrected chi connectivity index (χ3v) is 3.48. The lowest BCUT2D eigenvalue weighted by molar-refractivity contribution is 0.106. The normalized spacial score (nSPS) is 22.2. The van der Waals surface area contributed by atoms with Crippen LogP contribution in [0.15, 0.2) is 10.6 Å². The van der Waals surface area contributed by atoms with Gasteiger partial charge in [-0.1, -0.05) is 11.6 Å². The molecule has 2 rings (SSSR count). The van der Waals surface area contributed by atoms with Crippen molar-refractivity contribution >= 4 is 0 Å². The van der Waals surface area contributed by atoms with Crippen LogP contribution in [0.2, 0.25) is 0 Å². The first-order chi connectivity index (χ1) is 8.22. The molecule has 1 aromatic rings. The van der Waals surface area contributed by atoms with Gasteiger partial charge in [-0.25, -0.2) is 0 Å². The molecule has 1 aliphatic heterocycles. The van der Waals surface area contributed by atoms with E-state index in [1.807, 2.05) is 6.07 Å². The number of hydrogen-bond acceptors (Lipinski definition) is 4. The maximum Gasteiger partial charge on any atom is 0.139 e. The Bertz CT molecular complexity index is 349. The van der Waals surface area contributed by atoms with Gasteiger partial charge in [-0.2, -0.15) is 0 Å². The molecule has 1 atom stereocenters. The van der Waals surface area contributed by atoms with Crippen molar-refractivity contribution in [1.29, 1.82) is 0 Å². The number of aromatic nitrogens is 1. The largest absolute Gasteiger partial charge is 0.396 e. The van der Waals surface area contributed by atoms with Gasteiger partial charge in [-0.05, 0) is 33.2 Å². The summed E-state index contributed by atoms with van der Waals surface area (Å²) in [5.74, 6) is 0.789. The molecule has 0 aromatic carbocycles. The molecule has 4 nitrogen and oxygen atoms in total. The van der Waals surface area contributed by atoms with Gasteiger partial charge < -0.3 is 9.63 Å². The molecule has 1 N–H and O–H groups in total. The molecule has 0 unspecified atom stereocenters. The van der Waals surface area contributed by atoms with E-state index in [2.05, 4.69) is 23.9 Å². The fraction of sp³-hybridized carbons (Fsp3) is 0.769. The van der Waals surface area contributed by atoms with E-state index in [9.17, 15) is 0 Å². The predicted octanol–water partition coefficient (Wildman–Crippen LogP) is 2.14. The summed E-state index contributed by atoms with van der Waals surface area (Å²) >= 11 is 0. The molecule has 2 heterocycles. The lowest BCUT2D eigenvalue weighted by Gasteiger charge is -2.37. The van der Waals surface area contributed by atoms with Gasteiger partial charge in [0.15, 0.2) is 0 Å². The molecule has 0 spiro atoms. The van der Waals surface area contributed by atoms with Crippen LogP contribution in [0.4, 0.5) is 0 Å². The quantitative estimate of drug-likeness (QED) is 0.873. The highest BCUT2D eigenvalue weighted by atomic mass is 16.5. The van der Waals surface area contributed by atoms with Gasteiger partial charge >= 0.3 is 0 Å². The van der Waals surface area contributed by atoms with Crippen molar-refractivity contribution in [3.8, 4) is 0 Å². The molecular weight excluding hydrogens is 216 g/mol. The molecule has 0 amide bonds. The first-order valence-electron chi connectivity index (χ1n) is 6.54. The van der Waals surface area contributed by atoms with E-state index >= 15 is 0 Å². The zero-order chi connectivity index (χ0) is 12.3. The van der Waals surface area contributed by atoms with Gasteiger partial charge in [0.05, 0.1) is 12.6 Å². The summed E-state index contributed by atoms with van der Waals surface area (Å²) in [4.78, 5) is 2.49. The number of piperidine rings is 1. The summed E-state index contributed by atoms with van der Waals surface area (Å²) in [6.07, 6.45) is 4.25. The fourth-order valence-corrected chi connectivity index (χ4v) is 2.60. The van der Waals surface area contributed by atoms with Gasteiger partial charge in [0, 0.05) is 18.5 Å². The number of likely N-dealkylation sites (tertiary alicyclic amines) is 1. The Balaban J connectivity index is 2.11. The summed E-state index contributed by atoms with van der Waals surface area (Å²) in [6.45, 7) is 5.72. The Labute approximate surface area is 103 Å². The van der Waals surface area contributed by atoms with Crippen molar-refractivity contribution in [1.82, 2.24) is 10.1 Å². The minimum absolute atomic E-state index is 0.118.